The highest BCUT2D eigenvalue weighted by Gasteiger charge is 2.29. The van der Waals surface area contributed by atoms with Crippen molar-refractivity contribution < 1.29 is 4.79 Å². The first kappa shape index (κ1) is 19.1. The maximum Gasteiger partial charge on any atom is 0.226 e. The number of rotatable bonds is 5. The van der Waals surface area contributed by atoms with Crippen LogP contribution in [0.4, 0.5) is 5.69 Å². The number of guanidine groups is 1. The lowest BCUT2D eigenvalue weighted by atomic mass is 10.1. The Balaban J connectivity index is 1.49. The Morgan fingerprint density at radius 3 is 2.69 bits per heavy atom. The van der Waals surface area contributed by atoms with Crippen LogP contribution >= 0.6 is 11.8 Å². The topological polar surface area (TPSA) is 56.7 Å². The van der Waals surface area contributed by atoms with Gasteiger partial charge in [0, 0.05) is 43.5 Å². The van der Waals surface area contributed by atoms with Gasteiger partial charge in [-0.25, -0.2) is 0 Å². The van der Waals surface area contributed by atoms with Crippen LogP contribution in [0.15, 0.2) is 29.3 Å². The smallest absolute Gasteiger partial charge is 0.226 e. The number of aliphatic imine (C=N–C) groups is 1. The number of nitrogens with zero attached hydrogens (tertiary/aromatic N) is 2. The van der Waals surface area contributed by atoms with Gasteiger partial charge in [-0.2, -0.15) is 11.8 Å². The van der Waals surface area contributed by atoms with Crippen molar-refractivity contribution in [1.82, 2.24) is 10.6 Å². The minimum atomic E-state index is 0.241. The number of carbonyl (C=O) groups excluding carboxylic acids is 1. The lowest BCUT2D eigenvalue weighted by Crippen LogP contribution is -2.43. The van der Waals surface area contributed by atoms with Gasteiger partial charge in [0.05, 0.1) is 0 Å². The molecule has 1 aromatic carbocycles. The summed E-state index contributed by atoms with van der Waals surface area (Å²) in [6, 6.07) is 8.27. The molecule has 5 nitrogen and oxygen atoms in total. The maximum atomic E-state index is 12.0. The minimum absolute atomic E-state index is 0.241. The van der Waals surface area contributed by atoms with Crippen molar-refractivity contribution in [2.45, 2.75) is 50.3 Å². The molecule has 2 saturated heterocycles. The quantitative estimate of drug-likeness (QED) is 0.614. The summed E-state index contributed by atoms with van der Waals surface area (Å²) in [5, 5.41) is 6.84. The van der Waals surface area contributed by atoms with E-state index in [9.17, 15) is 4.79 Å². The molecule has 26 heavy (non-hydrogen) atoms. The highest BCUT2D eigenvalue weighted by atomic mass is 32.2. The van der Waals surface area contributed by atoms with E-state index >= 15 is 0 Å². The number of hydrogen-bond acceptors (Lipinski definition) is 3. The third-order valence-corrected chi connectivity index (χ3v) is 6.72. The number of thioether (sulfide) groups is 1. The SMILES string of the molecule is CN=C(NCc1ccc(N2CCCCC2=O)cc1)NCC1(C)CCCS1. The second-order valence-electron chi connectivity index (χ2n) is 7.35. The summed E-state index contributed by atoms with van der Waals surface area (Å²) in [5.41, 5.74) is 2.19. The molecule has 2 heterocycles. The van der Waals surface area contributed by atoms with Gasteiger partial charge in [-0.1, -0.05) is 12.1 Å². The first-order valence-corrected chi connectivity index (χ1v) is 10.6. The third kappa shape index (κ3) is 4.93. The molecule has 0 radical (unpaired) electrons. The van der Waals surface area contributed by atoms with Gasteiger partial charge >= 0.3 is 0 Å². The molecule has 3 rings (SSSR count). The number of nitrogens with one attached hydrogen (secondary N) is 2. The number of benzene rings is 1. The van der Waals surface area contributed by atoms with E-state index in [4.69, 9.17) is 0 Å². The van der Waals surface area contributed by atoms with E-state index in [1.807, 2.05) is 35.8 Å². The summed E-state index contributed by atoms with van der Waals surface area (Å²) in [7, 11) is 1.81. The molecule has 1 amide bonds. The second-order valence-corrected chi connectivity index (χ2v) is 9.03. The van der Waals surface area contributed by atoms with Gasteiger partial charge in [0.25, 0.3) is 0 Å². The van der Waals surface area contributed by atoms with Gasteiger partial charge in [0.15, 0.2) is 5.96 Å². The van der Waals surface area contributed by atoms with Crippen molar-refractivity contribution in [3.63, 3.8) is 0 Å². The fourth-order valence-corrected chi connectivity index (χ4v) is 4.77. The van der Waals surface area contributed by atoms with Gasteiger partial charge in [-0.3, -0.25) is 9.79 Å². The van der Waals surface area contributed by atoms with E-state index in [0.29, 0.717) is 11.2 Å². The Morgan fingerprint density at radius 1 is 1.23 bits per heavy atom. The Morgan fingerprint density at radius 2 is 2.04 bits per heavy atom. The summed E-state index contributed by atoms with van der Waals surface area (Å²) in [6.45, 7) is 4.82. The monoisotopic (exact) mass is 374 g/mol. The van der Waals surface area contributed by atoms with Crippen LogP contribution in [0.5, 0.6) is 0 Å². The van der Waals surface area contributed by atoms with E-state index < -0.39 is 0 Å². The van der Waals surface area contributed by atoms with Crippen molar-refractivity contribution in [2.24, 2.45) is 4.99 Å². The number of piperidine rings is 1. The molecular formula is C20H30N4OS. The van der Waals surface area contributed by atoms with Crippen LogP contribution in [0.25, 0.3) is 0 Å². The van der Waals surface area contributed by atoms with Gasteiger partial charge in [0.2, 0.25) is 5.91 Å². The second kappa shape index (κ2) is 8.80. The molecule has 1 atom stereocenters. The molecule has 0 saturated carbocycles. The molecule has 0 aliphatic carbocycles. The van der Waals surface area contributed by atoms with Crippen molar-refractivity contribution in [3.05, 3.63) is 29.8 Å². The first-order valence-electron chi connectivity index (χ1n) is 9.57. The van der Waals surface area contributed by atoms with Gasteiger partial charge in [-0.15, -0.1) is 0 Å². The third-order valence-electron chi connectivity index (χ3n) is 5.19. The molecule has 2 fully saturated rings. The fourth-order valence-electron chi connectivity index (χ4n) is 3.53. The van der Waals surface area contributed by atoms with Gasteiger partial charge in [-0.05, 0) is 56.1 Å². The van der Waals surface area contributed by atoms with E-state index in [2.05, 4.69) is 34.7 Å². The van der Waals surface area contributed by atoms with E-state index in [1.54, 1.807) is 0 Å². The molecule has 1 aromatic rings. The average molecular weight is 375 g/mol. The average Bonchev–Trinajstić information content (AvgIpc) is 3.10. The highest BCUT2D eigenvalue weighted by molar-refractivity contribution is 8.00. The van der Waals surface area contributed by atoms with Gasteiger partial charge in [0.1, 0.15) is 0 Å². The standard InChI is InChI=1S/C20H30N4OS/c1-20(11-5-13-26-20)15-23-19(21-2)22-14-16-7-9-17(10-8-16)24-12-4-3-6-18(24)25/h7-10H,3-6,11-15H2,1-2H3,(H2,21,22,23). The lowest BCUT2D eigenvalue weighted by Gasteiger charge is -2.27. The van der Waals surface area contributed by atoms with E-state index in [1.165, 1.54) is 24.2 Å². The van der Waals surface area contributed by atoms with Crippen LogP contribution in [0.2, 0.25) is 0 Å². The molecule has 1 unspecified atom stereocenters. The summed E-state index contributed by atoms with van der Waals surface area (Å²) >= 11 is 2.05. The molecule has 6 heteroatoms. The predicted octanol–water partition coefficient (Wildman–Crippen LogP) is 3.15. The van der Waals surface area contributed by atoms with Crippen LogP contribution < -0.4 is 15.5 Å². The number of amides is 1. The Kier molecular flexibility index (Phi) is 6.46. The Bertz CT molecular complexity index is 638. The normalized spacial score (nSPS) is 24.0. The van der Waals surface area contributed by atoms with Crippen molar-refractivity contribution in [2.75, 3.05) is 30.8 Å². The maximum absolute atomic E-state index is 12.0. The molecule has 2 N–H and O–H groups in total. The number of carbonyl (C=O) groups is 1. The molecule has 0 spiro atoms. The van der Waals surface area contributed by atoms with Gasteiger partial charge < -0.3 is 15.5 Å². The summed E-state index contributed by atoms with van der Waals surface area (Å²) in [4.78, 5) is 18.3. The molecule has 2 aliphatic rings. The molecule has 2 aliphatic heterocycles. The molecule has 0 aromatic heterocycles. The van der Waals surface area contributed by atoms with Crippen molar-refractivity contribution >= 4 is 29.3 Å². The van der Waals surface area contributed by atoms with Crippen LogP contribution in [0.3, 0.4) is 0 Å². The number of hydrogen-bond donors (Lipinski definition) is 2. The van der Waals surface area contributed by atoms with Crippen LogP contribution in [-0.2, 0) is 11.3 Å². The minimum Gasteiger partial charge on any atom is -0.355 e. The summed E-state index contributed by atoms with van der Waals surface area (Å²) < 4.78 is 0.320. The molecule has 142 valence electrons. The highest BCUT2D eigenvalue weighted by Crippen LogP contribution is 2.36. The summed E-state index contributed by atoms with van der Waals surface area (Å²) in [6.07, 6.45) is 5.34. The van der Waals surface area contributed by atoms with Crippen molar-refractivity contribution in [3.8, 4) is 0 Å². The van der Waals surface area contributed by atoms with Crippen LogP contribution in [0.1, 0.15) is 44.6 Å². The predicted molar refractivity (Wildman–Crippen MR) is 111 cm³/mol. The molecule has 0 bridgehead atoms. The number of anilines is 1. The first-order chi connectivity index (χ1) is 12.6. The largest absolute Gasteiger partial charge is 0.355 e. The van der Waals surface area contributed by atoms with E-state index in [-0.39, 0.29) is 5.91 Å². The van der Waals surface area contributed by atoms with Crippen LogP contribution in [-0.4, -0.2) is 42.5 Å². The zero-order valence-electron chi connectivity index (χ0n) is 15.9. The van der Waals surface area contributed by atoms with Crippen molar-refractivity contribution in [1.29, 1.82) is 0 Å². The Labute approximate surface area is 161 Å². The Hall–Kier alpha value is -1.69. The fraction of sp³-hybridized carbons (Fsp3) is 0.600. The summed E-state index contributed by atoms with van der Waals surface area (Å²) in [5.74, 6) is 2.34. The van der Waals surface area contributed by atoms with Crippen LogP contribution in [0, 0.1) is 0 Å². The zero-order chi connectivity index (χ0) is 18.4. The van der Waals surface area contributed by atoms with E-state index in [0.717, 1.165) is 44.1 Å². The lowest BCUT2D eigenvalue weighted by molar-refractivity contribution is -0.119. The molecular weight excluding hydrogens is 344 g/mol. The zero-order valence-corrected chi connectivity index (χ0v) is 16.7.